The van der Waals surface area contributed by atoms with Crippen molar-refractivity contribution in [1.82, 2.24) is 4.90 Å². The summed E-state index contributed by atoms with van der Waals surface area (Å²) in [5.41, 5.74) is 1.16. The van der Waals surface area contributed by atoms with Gasteiger partial charge in [-0.05, 0) is 56.3 Å². The lowest BCUT2D eigenvalue weighted by molar-refractivity contribution is -0.129. The summed E-state index contributed by atoms with van der Waals surface area (Å²) in [6.07, 6.45) is 0.0939. The molecular formula is C21H21Cl2N3O3S. The van der Waals surface area contributed by atoms with Crippen LogP contribution in [0.2, 0.25) is 10.0 Å². The second-order valence-corrected chi connectivity index (χ2v) is 8.46. The Kier molecular flexibility index (Phi) is 7.64. The number of hydrogen-bond acceptors (Lipinski definition) is 5. The van der Waals surface area contributed by atoms with Crippen LogP contribution < -0.4 is 10.1 Å². The average molecular weight is 466 g/mol. The topological polar surface area (TPSA) is 71.0 Å². The molecule has 3 rings (SSSR count). The van der Waals surface area contributed by atoms with Gasteiger partial charge in [0, 0.05) is 28.7 Å². The molecule has 1 N–H and O–H groups in total. The smallest absolute Gasteiger partial charge is 0.238 e. The predicted octanol–water partition coefficient (Wildman–Crippen LogP) is 5.37. The van der Waals surface area contributed by atoms with Gasteiger partial charge in [-0.25, -0.2) is 4.99 Å². The first-order valence-corrected chi connectivity index (χ1v) is 11.1. The van der Waals surface area contributed by atoms with Gasteiger partial charge in [-0.15, -0.1) is 0 Å². The van der Waals surface area contributed by atoms with E-state index in [2.05, 4.69) is 10.3 Å². The Balaban J connectivity index is 1.78. The number of ether oxygens (including phenoxy) is 1. The van der Waals surface area contributed by atoms with E-state index in [0.29, 0.717) is 39.7 Å². The Hall–Kier alpha value is -2.22. The van der Waals surface area contributed by atoms with Gasteiger partial charge in [-0.1, -0.05) is 35.0 Å². The standard InChI is InChI=1S/C21H21Cl2N3O3S/c1-3-26-19(27)12-18(20(28)24-15-5-7-17(8-6-15)29-4-2)30-21(26)25-16-10-13(22)9-14(23)11-16/h5-11,18H,3-4,12H2,1-2H3,(H,24,28). The summed E-state index contributed by atoms with van der Waals surface area (Å²) in [4.78, 5) is 31.5. The highest BCUT2D eigenvalue weighted by Gasteiger charge is 2.35. The van der Waals surface area contributed by atoms with E-state index in [4.69, 9.17) is 27.9 Å². The maximum atomic E-state index is 12.8. The number of nitrogens with one attached hydrogen (secondary N) is 1. The fraction of sp³-hybridized carbons (Fsp3) is 0.286. The Morgan fingerprint density at radius 2 is 1.87 bits per heavy atom. The molecule has 6 nitrogen and oxygen atoms in total. The number of nitrogens with zero attached hydrogens (tertiary/aromatic N) is 2. The van der Waals surface area contributed by atoms with Crippen LogP contribution in [0.4, 0.5) is 11.4 Å². The first-order valence-electron chi connectivity index (χ1n) is 9.45. The summed E-state index contributed by atoms with van der Waals surface area (Å²) in [6, 6.07) is 12.0. The number of hydrogen-bond donors (Lipinski definition) is 1. The lowest BCUT2D eigenvalue weighted by Crippen LogP contribution is -2.45. The van der Waals surface area contributed by atoms with Crippen LogP contribution in [0.3, 0.4) is 0 Å². The molecule has 9 heteroatoms. The van der Waals surface area contributed by atoms with E-state index in [9.17, 15) is 9.59 Å². The summed E-state index contributed by atoms with van der Waals surface area (Å²) in [5.74, 6) is 0.311. The molecule has 1 unspecified atom stereocenters. The minimum atomic E-state index is -0.597. The SMILES string of the molecule is CCOc1ccc(NC(=O)C2CC(=O)N(CC)C(=Nc3cc(Cl)cc(Cl)c3)S2)cc1. The quantitative estimate of drug-likeness (QED) is 0.621. The Morgan fingerprint density at radius 3 is 2.47 bits per heavy atom. The zero-order valence-electron chi connectivity index (χ0n) is 16.5. The number of anilines is 1. The third-order valence-corrected chi connectivity index (χ3v) is 5.88. The van der Waals surface area contributed by atoms with Gasteiger partial charge in [-0.3, -0.25) is 14.5 Å². The van der Waals surface area contributed by atoms with E-state index in [1.165, 1.54) is 11.8 Å². The number of benzene rings is 2. The number of amidine groups is 1. The molecule has 0 saturated carbocycles. The highest BCUT2D eigenvalue weighted by molar-refractivity contribution is 8.15. The van der Waals surface area contributed by atoms with Crippen molar-refractivity contribution in [2.75, 3.05) is 18.5 Å². The molecule has 1 aliphatic heterocycles. The van der Waals surface area contributed by atoms with Crippen LogP contribution in [0.25, 0.3) is 0 Å². The van der Waals surface area contributed by atoms with Crippen molar-refractivity contribution < 1.29 is 14.3 Å². The van der Waals surface area contributed by atoms with Crippen LogP contribution in [0.1, 0.15) is 20.3 Å². The first-order chi connectivity index (χ1) is 14.4. The molecule has 30 heavy (non-hydrogen) atoms. The normalized spacial score (nSPS) is 17.9. The fourth-order valence-corrected chi connectivity index (χ4v) is 4.57. The highest BCUT2D eigenvalue weighted by atomic mass is 35.5. The largest absolute Gasteiger partial charge is 0.494 e. The number of thioether (sulfide) groups is 1. The number of carbonyl (C=O) groups is 2. The predicted molar refractivity (Wildman–Crippen MR) is 123 cm³/mol. The van der Waals surface area contributed by atoms with Gasteiger partial charge in [0.15, 0.2) is 5.17 Å². The molecule has 2 aromatic carbocycles. The van der Waals surface area contributed by atoms with Crippen LogP contribution in [-0.2, 0) is 9.59 Å². The molecule has 0 aromatic heterocycles. The maximum Gasteiger partial charge on any atom is 0.238 e. The molecule has 1 saturated heterocycles. The zero-order chi connectivity index (χ0) is 21.7. The number of rotatable bonds is 6. The molecule has 1 heterocycles. The van der Waals surface area contributed by atoms with E-state index >= 15 is 0 Å². The third kappa shape index (κ3) is 5.68. The molecule has 0 aliphatic carbocycles. The Morgan fingerprint density at radius 1 is 1.20 bits per heavy atom. The number of aliphatic imine (C=N–C) groups is 1. The van der Waals surface area contributed by atoms with Crippen molar-refractivity contribution in [2.45, 2.75) is 25.5 Å². The van der Waals surface area contributed by atoms with Gasteiger partial charge in [-0.2, -0.15) is 0 Å². The van der Waals surface area contributed by atoms with Gasteiger partial charge in [0.25, 0.3) is 0 Å². The van der Waals surface area contributed by atoms with Crippen molar-refractivity contribution in [2.24, 2.45) is 4.99 Å². The van der Waals surface area contributed by atoms with Crippen molar-refractivity contribution in [3.8, 4) is 5.75 Å². The monoisotopic (exact) mass is 465 g/mol. The average Bonchev–Trinajstić information content (AvgIpc) is 2.68. The molecule has 0 radical (unpaired) electrons. The molecule has 1 atom stereocenters. The lowest BCUT2D eigenvalue weighted by atomic mass is 10.2. The lowest BCUT2D eigenvalue weighted by Gasteiger charge is -2.31. The molecular weight excluding hydrogens is 445 g/mol. The van der Waals surface area contributed by atoms with Gasteiger partial charge in [0.05, 0.1) is 12.3 Å². The first kappa shape index (κ1) is 22.5. The molecule has 2 aromatic rings. The van der Waals surface area contributed by atoms with Crippen molar-refractivity contribution in [1.29, 1.82) is 0 Å². The highest BCUT2D eigenvalue weighted by Crippen LogP contribution is 2.31. The number of carbonyl (C=O) groups excluding carboxylic acids is 2. The second-order valence-electron chi connectivity index (χ2n) is 6.42. The van der Waals surface area contributed by atoms with E-state index in [0.717, 1.165) is 5.75 Å². The minimum Gasteiger partial charge on any atom is -0.494 e. The molecule has 158 valence electrons. The van der Waals surface area contributed by atoms with E-state index in [1.807, 2.05) is 13.8 Å². The van der Waals surface area contributed by atoms with Gasteiger partial charge < -0.3 is 10.1 Å². The summed E-state index contributed by atoms with van der Waals surface area (Å²) < 4.78 is 5.41. The zero-order valence-corrected chi connectivity index (χ0v) is 18.9. The fourth-order valence-electron chi connectivity index (χ4n) is 2.89. The van der Waals surface area contributed by atoms with Crippen LogP contribution in [0, 0.1) is 0 Å². The van der Waals surface area contributed by atoms with Crippen LogP contribution in [-0.4, -0.2) is 40.3 Å². The number of amides is 2. The Bertz CT molecular complexity index is 946. The summed E-state index contributed by atoms with van der Waals surface area (Å²) in [7, 11) is 0. The van der Waals surface area contributed by atoms with Gasteiger partial charge in [0.2, 0.25) is 11.8 Å². The van der Waals surface area contributed by atoms with Crippen molar-refractivity contribution in [3.63, 3.8) is 0 Å². The van der Waals surface area contributed by atoms with Gasteiger partial charge >= 0.3 is 0 Å². The minimum absolute atomic E-state index is 0.0939. The van der Waals surface area contributed by atoms with Crippen LogP contribution in [0.5, 0.6) is 5.75 Å². The van der Waals surface area contributed by atoms with Crippen LogP contribution in [0.15, 0.2) is 47.5 Å². The van der Waals surface area contributed by atoms with Gasteiger partial charge in [0.1, 0.15) is 11.0 Å². The molecule has 0 bridgehead atoms. The molecule has 1 aliphatic rings. The summed E-state index contributed by atoms with van der Waals surface area (Å²) in [6.45, 7) is 4.79. The van der Waals surface area contributed by atoms with Crippen molar-refractivity contribution >= 4 is 63.3 Å². The number of halogens is 2. The van der Waals surface area contributed by atoms with E-state index < -0.39 is 5.25 Å². The third-order valence-electron chi connectivity index (χ3n) is 4.25. The molecule has 1 fully saturated rings. The summed E-state index contributed by atoms with van der Waals surface area (Å²) >= 11 is 13.4. The second kappa shape index (κ2) is 10.2. The maximum absolute atomic E-state index is 12.8. The molecule has 0 spiro atoms. The van der Waals surface area contributed by atoms with Crippen molar-refractivity contribution in [3.05, 3.63) is 52.5 Å². The van der Waals surface area contributed by atoms with Crippen LogP contribution >= 0.6 is 35.0 Å². The van der Waals surface area contributed by atoms with E-state index in [-0.39, 0.29) is 18.2 Å². The molecule has 2 amide bonds. The Labute approximate surface area is 189 Å². The summed E-state index contributed by atoms with van der Waals surface area (Å²) in [5, 5.41) is 3.59. The van der Waals surface area contributed by atoms with E-state index in [1.54, 1.807) is 47.4 Å².